The molecule has 0 aliphatic carbocycles. The minimum atomic E-state index is -0.789. The lowest BCUT2D eigenvalue weighted by Crippen LogP contribution is -2.45. The number of carbonyl (C=O) groups is 2. The Bertz CT molecular complexity index is 1150. The van der Waals surface area contributed by atoms with Gasteiger partial charge in [0.25, 0.3) is 5.91 Å². The second-order valence-electron chi connectivity index (χ2n) is 6.55. The van der Waals surface area contributed by atoms with Gasteiger partial charge in [-0.25, -0.2) is 0 Å². The molecular formula is C22H19N3O2. The lowest BCUT2D eigenvalue weighted by Gasteiger charge is -2.15. The Labute approximate surface area is 156 Å². The second kappa shape index (κ2) is 6.96. The lowest BCUT2D eigenvalue weighted by molar-refractivity contribution is -0.119. The third kappa shape index (κ3) is 3.40. The molecule has 0 bridgehead atoms. The molecule has 134 valence electrons. The fourth-order valence-electron chi connectivity index (χ4n) is 3.32. The van der Waals surface area contributed by atoms with Gasteiger partial charge in [0.2, 0.25) is 5.91 Å². The number of hydrogen-bond donors (Lipinski definition) is 3. The van der Waals surface area contributed by atoms with Crippen molar-refractivity contribution in [2.24, 2.45) is 5.73 Å². The summed E-state index contributed by atoms with van der Waals surface area (Å²) in [4.78, 5) is 27.8. The number of benzene rings is 3. The summed E-state index contributed by atoms with van der Waals surface area (Å²) in [6.07, 6.45) is 2.18. The average molecular weight is 357 g/mol. The predicted molar refractivity (Wildman–Crippen MR) is 106 cm³/mol. The Morgan fingerprint density at radius 3 is 2.52 bits per heavy atom. The van der Waals surface area contributed by atoms with Crippen LogP contribution >= 0.6 is 0 Å². The highest BCUT2D eigenvalue weighted by Crippen LogP contribution is 2.20. The van der Waals surface area contributed by atoms with Crippen molar-refractivity contribution in [2.45, 2.75) is 12.5 Å². The van der Waals surface area contributed by atoms with Gasteiger partial charge in [-0.05, 0) is 34.5 Å². The van der Waals surface area contributed by atoms with Crippen LogP contribution in [0.15, 0.2) is 72.9 Å². The van der Waals surface area contributed by atoms with E-state index in [1.807, 2.05) is 66.9 Å². The van der Waals surface area contributed by atoms with Crippen LogP contribution in [0.3, 0.4) is 0 Å². The normalized spacial score (nSPS) is 12.1. The zero-order valence-electron chi connectivity index (χ0n) is 14.6. The molecule has 4 N–H and O–H groups in total. The van der Waals surface area contributed by atoms with Gasteiger partial charge in [-0.3, -0.25) is 9.59 Å². The van der Waals surface area contributed by atoms with Crippen molar-refractivity contribution in [1.29, 1.82) is 0 Å². The average Bonchev–Trinajstić information content (AvgIpc) is 3.10. The maximum absolute atomic E-state index is 12.7. The molecule has 0 fully saturated rings. The molecule has 0 spiro atoms. The smallest absolute Gasteiger partial charge is 0.251 e. The van der Waals surface area contributed by atoms with Gasteiger partial charge in [0.05, 0.1) is 0 Å². The Morgan fingerprint density at radius 1 is 0.963 bits per heavy atom. The van der Waals surface area contributed by atoms with Crippen LogP contribution < -0.4 is 11.1 Å². The van der Waals surface area contributed by atoms with Crippen LogP contribution in [0.4, 0.5) is 0 Å². The highest BCUT2D eigenvalue weighted by molar-refractivity contribution is 6.00. The summed E-state index contributed by atoms with van der Waals surface area (Å²) in [5, 5.41) is 5.82. The molecule has 5 nitrogen and oxygen atoms in total. The van der Waals surface area contributed by atoms with Crippen molar-refractivity contribution in [3.8, 4) is 0 Å². The molecule has 3 aromatic carbocycles. The van der Waals surface area contributed by atoms with Gasteiger partial charge < -0.3 is 16.0 Å². The van der Waals surface area contributed by atoms with Crippen molar-refractivity contribution in [3.63, 3.8) is 0 Å². The number of aromatic nitrogens is 1. The molecular weight excluding hydrogens is 338 g/mol. The second-order valence-corrected chi connectivity index (χ2v) is 6.55. The van der Waals surface area contributed by atoms with E-state index in [4.69, 9.17) is 5.73 Å². The number of primary amides is 1. The molecule has 1 atom stereocenters. The molecule has 27 heavy (non-hydrogen) atoms. The molecule has 0 saturated carbocycles. The molecule has 4 rings (SSSR count). The van der Waals surface area contributed by atoms with Crippen LogP contribution in [0, 0.1) is 0 Å². The molecule has 0 saturated heterocycles. The number of aromatic amines is 1. The number of carbonyl (C=O) groups excluding carboxylic acids is 2. The topological polar surface area (TPSA) is 88.0 Å². The first-order chi connectivity index (χ1) is 13.1. The standard InChI is InChI=1S/C22H19N3O2/c23-21(26)20(12-17-13-24-19-8-4-3-7-18(17)19)25-22(27)16-10-9-14-5-1-2-6-15(14)11-16/h1-11,13,20,24H,12H2,(H2,23,26)(H,25,27)/t20-/m1/s1. The summed E-state index contributed by atoms with van der Waals surface area (Å²) in [5.74, 6) is -0.876. The minimum Gasteiger partial charge on any atom is -0.368 e. The van der Waals surface area contributed by atoms with E-state index in [1.165, 1.54) is 0 Å². The van der Waals surface area contributed by atoms with Crippen LogP contribution in [0.5, 0.6) is 0 Å². The first kappa shape index (κ1) is 16.8. The van der Waals surface area contributed by atoms with Crippen LogP contribution in [0.25, 0.3) is 21.7 Å². The maximum Gasteiger partial charge on any atom is 0.251 e. The number of H-pyrrole nitrogens is 1. The fraction of sp³-hybridized carbons (Fsp3) is 0.0909. The SMILES string of the molecule is NC(=O)[C@@H](Cc1c[nH]c2ccccc12)NC(=O)c1ccc2ccccc2c1. The largest absolute Gasteiger partial charge is 0.368 e. The van der Waals surface area contributed by atoms with Crippen molar-refractivity contribution in [2.75, 3.05) is 0 Å². The lowest BCUT2D eigenvalue weighted by atomic mass is 10.0. The van der Waals surface area contributed by atoms with E-state index < -0.39 is 11.9 Å². The van der Waals surface area contributed by atoms with Crippen molar-refractivity contribution in [3.05, 3.63) is 84.1 Å². The first-order valence-electron chi connectivity index (χ1n) is 8.76. The predicted octanol–water partition coefficient (Wildman–Crippen LogP) is 3.15. The monoisotopic (exact) mass is 357 g/mol. The number of nitrogens with one attached hydrogen (secondary N) is 2. The highest BCUT2D eigenvalue weighted by atomic mass is 16.2. The van der Waals surface area contributed by atoms with E-state index in [1.54, 1.807) is 6.07 Å². The van der Waals surface area contributed by atoms with E-state index in [0.717, 1.165) is 27.2 Å². The molecule has 4 aromatic rings. The number of amides is 2. The molecule has 1 aromatic heterocycles. The van der Waals surface area contributed by atoms with Crippen molar-refractivity contribution < 1.29 is 9.59 Å². The van der Waals surface area contributed by atoms with Crippen molar-refractivity contribution >= 4 is 33.5 Å². The third-order valence-electron chi connectivity index (χ3n) is 4.76. The van der Waals surface area contributed by atoms with Gasteiger partial charge in [-0.1, -0.05) is 48.5 Å². The van der Waals surface area contributed by atoms with Gasteiger partial charge in [0.15, 0.2) is 0 Å². The number of fused-ring (bicyclic) bond motifs is 2. The zero-order valence-corrected chi connectivity index (χ0v) is 14.6. The Hall–Kier alpha value is -3.60. The van der Waals surface area contributed by atoms with Crippen molar-refractivity contribution in [1.82, 2.24) is 10.3 Å². The van der Waals surface area contributed by atoms with Gasteiger partial charge in [0.1, 0.15) is 6.04 Å². The first-order valence-corrected chi connectivity index (χ1v) is 8.76. The number of para-hydroxylation sites is 1. The van der Waals surface area contributed by atoms with E-state index >= 15 is 0 Å². The van der Waals surface area contributed by atoms with Crippen LogP contribution in [-0.4, -0.2) is 22.8 Å². The maximum atomic E-state index is 12.7. The Balaban J connectivity index is 1.57. The quantitative estimate of drug-likeness (QED) is 0.512. The van der Waals surface area contributed by atoms with Gasteiger partial charge >= 0.3 is 0 Å². The van der Waals surface area contributed by atoms with Gasteiger partial charge in [-0.15, -0.1) is 0 Å². The van der Waals surface area contributed by atoms with Gasteiger partial charge in [-0.2, -0.15) is 0 Å². The molecule has 0 aliphatic rings. The fourth-order valence-corrected chi connectivity index (χ4v) is 3.32. The molecule has 5 heteroatoms. The minimum absolute atomic E-state index is 0.315. The van der Waals surface area contributed by atoms with Crippen LogP contribution in [-0.2, 0) is 11.2 Å². The van der Waals surface area contributed by atoms with E-state index in [-0.39, 0.29) is 5.91 Å². The summed E-state index contributed by atoms with van der Waals surface area (Å²) in [7, 11) is 0. The van der Waals surface area contributed by atoms with E-state index in [9.17, 15) is 9.59 Å². The molecule has 1 heterocycles. The van der Waals surface area contributed by atoms with Crippen LogP contribution in [0.1, 0.15) is 15.9 Å². The Kier molecular flexibility index (Phi) is 4.34. The molecule has 0 radical (unpaired) electrons. The molecule has 0 unspecified atom stereocenters. The number of nitrogens with two attached hydrogens (primary N) is 1. The number of hydrogen-bond acceptors (Lipinski definition) is 2. The summed E-state index contributed by atoms with van der Waals surface area (Å²) >= 11 is 0. The Morgan fingerprint density at radius 2 is 1.70 bits per heavy atom. The summed E-state index contributed by atoms with van der Waals surface area (Å²) in [6.45, 7) is 0. The molecule has 2 amide bonds. The third-order valence-corrected chi connectivity index (χ3v) is 4.76. The summed E-state index contributed by atoms with van der Waals surface area (Å²) < 4.78 is 0. The summed E-state index contributed by atoms with van der Waals surface area (Å²) in [5.41, 5.74) is 7.97. The van der Waals surface area contributed by atoms with Crippen LogP contribution in [0.2, 0.25) is 0 Å². The highest BCUT2D eigenvalue weighted by Gasteiger charge is 2.21. The number of rotatable bonds is 5. The van der Waals surface area contributed by atoms with Gasteiger partial charge in [0, 0.05) is 29.1 Å². The van der Waals surface area contributed by atoms with E-state index in [0.29, 0.717) is 12.0 Å². The zero-order chi connectivity index (χ0) is 18.8. The summed E-state index contributed by atoms with van der Waals surface area (Å²) in [6, 6.07) is 20.3. The molecule has 0 aliphatic heterocycles. The van der Waals surface area contributed by atoms with E-state index in [2.05, 4.69) is 10.3 Å².